The smallest absolute Gasteiger partial charge is 0.339 e. The fourth-order valence-electron chi connectivity index (χ4n) is 5.08. The van der Waals surface area contributed by atoms with Crippen molar-refractivity contribution in [3.63, 3.8) is 0 Å². The number of fused-ring (bicyclic) bond motifs is 2. The Balaban J connectivity index is 1.13. The normalized spacial score (nSPS) is 14.4. The van der Waals surface area contributed by atoms with Gasteiger partial charge in [0.1, 0.15) is 11.4 Å². The Hall–Kier alpha value is -3.89. The third-order valence-corrected chi connectivity index (χ3v) is 7.03. The molecule has 7 nitrogen and oxygen atoms in total. The number of nitrogens with zero attached hydrogens (tertiary/aromatic N) is 3. The van der Waals surface area contributed by atoms with E-state index in [1.165, 1.54) is 12.5 Å². The summed E-state index contributed by atoms with van der Waals surface area (Å²) in [6.45, 7) is 6.47. The van der Waals surface area contributed by atoms with Crippen molar-refractivity contribution in [3.05, 3.63) is 75.8 Å². The molecule has 0 amide bonds. The molecule has 0 unspecified atom stereocenters. The van der Waals surface area contributed by atoms with Gasteiger partial charge in [0.05, 0.1) is 11.6 Å². The molecule has 0 radical (unpaired) electrons. The molecular weight excluding hydrogens is 452 g/mol. The fourth-order valence-corrected chi connectivity index (χ4v) is 5.08. The largest absolute Gasteiger partial charge is 0.423 e. The summed E-state index contributed by atoms with van der Waals surface area (Å²) in [4.78, 5) is 31.8. The van der Waals surface area contributed by atoms with Crippen molar-refractivity contribution in [2.75, 3.05) is 37.6 Å². The van der Waals surface area contributed by atoms with E-state index in [1.807, 2.05) is 30.3 Å². The van der Waals surface area contributed by atoms with Gasteiger partial charge in [0, 0.05) is 66.3 Å². The number of anilines is 1. The van der Waals surface area contributed by atoms with Crippen molar-refractivity contribution < 1.29 is 9.21 Å². The molecule has 3 heterocycles. The number of Topliss-reactive ketones (excluding diaryl/α,β-unsaturated/α-hetero) is 1. The zero-order chi connectivity index (χ0) is 25.1. The van der Waals surface area contributed by atoms with Crippen LogP contribution in [0.3, 0.4) is 0 Å². The number of aromatic amines is 1. The van der Waals surface area contributed by atoms with E-state index in [9.17, 15) is 14.9 Å². The number of ketones is 1. The molecule has 5 rings (SSSR count). The number of unbranched alkanes of at least 4 members (excludes halogenated alkanes) is 1. The van der Waals surface area contributed by atoms with Crippen molar-refractivity contribution in [3.8, 4) is 6.07 Å². The molecule has 2 aromatic carbocycles. The minimum absolute atomic E-state index is 0.0523. The van der Waals surface area contributed by atoms with Crippen LogP contribution in [0.4, 0.5) is 5.69 Å². The number of nitrogens with one attached hydrogen (secondary N) is 1. The first-order valence-corrected chi connectivity index (χ1v) is 12.5. The van der Waals surface area contributed by atoms with E-state index in [2.05, 4.69) is 33.1 Å². The van der Waals surface area contributed by atoms with Crippen LogP contribution in [-0.2, 0) is 17.6 Å². The number of hydrogen-bond acceptors (Lipinski definition) is 6. The summed E-state index contributed by atoms with van der Waals surface area (Å²) in [6, 6.07) is 15.7. The molecule has 184 valence electrons. The zero-order valence-corrected chi connectivity index (χ0v) is 20.5. The van der Waals surface area contributed by atoms with Crippen LogP contribution >= 0.6 is 0 Å². The third-order valence-electron chi connectivity index (χ3n) is 7.03. The quantitative estimate of drug-likeness (QED) is 0.295. The molecule has 0 aliphatic carbocycles. The average molecular weight is 483 g/mol. The Morgan fingerprint density at radius 3 is 2.67 bits per heavy atom. The van der Waals surface area contributed by atoms with Crippen molar-refractivity contribution >= 4 is 33.3 Å². The van der Waals surface area contributed by atoms with Gasteiger partial charge in [0.2, 0.25) is 0 Å². The van der Waals surface area contributed by atoms with Gasteiger partial charge >= 0.3 is 5.63 Å². The van der Waals surface area contributed by atoms with Crippen LogP contribution in [0.2, 0.25) is 0 Å². The molecule has 1 fully saturated rings. The van der Waals surface area contributed by atoms with Gasteiger partial charge in [0.15, 0.2) is 0 Å². The number of aromatic nitrogens is 1. The lowest BCUT2D eigenvalue weighted by Crippen LogP contribution is -2.46. The van der Waals surface area contributed by atoms with Gasteiger partial charge in [-0.1, -0.05) is 0 Å². The van der Waals surface area contributed by atoms with Gasteiger partial charge in [-0.25, -0.2) is 4.79 Å². The molecule has 1 N–H and O–H groups in total. The predicted molar refractivity (Wildman–Crippen MR) is 141 cm³/mol. The number of aryl methyl sites for hydroxylation is 1. The van der Waals surface area contributed by atoms with E-state index >= 15 is 0 Å². The van der Waals surface area contributed by atoms with E-state index in [0.29, 0.717) is 16.7 Å². The van der Waals surface area contributed by atoms with Crippen molar-refractivity contribution in [1.29, 1.82) is 5.26 Å². The highest BCUT2D eigenvalue weighted by Gasteiger charge is 2.18. The zero-order valence-electron chi connectivity index (χ0n) is 20.5. The molecule has 1 saturated heterocycles. The highest BCUT2D eigenvalue weighted by molar-refractivity contribution is 5.85. The number of carbonyl (C=O) groups is 1. The lowest BCUT2D eigenvalue weighted by molar-refractivity contribution is -0.116. The number of benzene rings is 2. The SMILES string of the molecule is CC(=O)Cc1cc2cc(N3CCN(CCCCc4c[nH]c5ccc(C#N)cc45)CC3)ccc2oc1=O. The highest BCUT2D eigenvalue weighted by atomic mass is 16.4. The molecule has 0 atom stereocenters. The van der Waals surface area contributed by atoms with Crippen LogP contribution in [-0.4, -0.2) is 48.4 Å². The second-order valence-corrected chi connectivity index (χ2v) is 9.63. The third kappa shape index (κ3) is 5.19. The van der Waals surface area contributed by atoms with Crippen LogP contribution in [0, 0.1) is 11.3 Å². The van der Waals surface area contributed by atoms with E-state index in [1.54, 1.807) is 6.07 Å². The fraction of sp³-hybridized carbons (Fsp3) is 0.345. The number of H-pyrrole nitrogens is 1. The molecule has 1 aliphatic heterocycles. The van der Waals surface area contributed by atoms with Crippen LogP contribution in [0.5, 0.6) is 0 Å². The Kier molecular flexibility index (Phi) is 6.88. The topological polar surface area (TPSA) is 93.3 Å². The van der Waals surface area contributed by atoms with Gasteiger partial charge in [-0.2, -0.15) is 5.26 Å². The highest BCUT2D eigenvalue weighted by Crippen LogP contribution is 2.24. The van der Waals surface area contributed by atoms with Crippen LogP contribution in [0.25, 0.3) is 21.9 Å². The summed E-state index contributed by atoms with van der Waals surface area (Å²) in [5.74, 6) is -0.0523. The second kappa shape index (κ2) is 10.4. The minimum atomic E-state index is -0.435. The van der Waals surface area contributed by atoms with Crippen LogP contribution in [0.1, 0.15) is 36.5 Å². The number of piperazine rings is 1. The first-order chi connectivity index (χ1) is 17.5. The summed E-state index contributed by atoms with van der Waals surface area (Å²) in [6.07, 6.45) is 5.43. The van der Waals surface area contributed by atoms with Gasteiger partial charge in [0.25, 0.3) is 0 Å². The van der Waals surface area contributed by atoms with E-state index < -0.39 is 5.63 Å². The molecule has 0 spiro atoms. The maximum atomic E-state index is 12.1. The number of nitriles is 1. The number of carbonyl (C=O) groups excluding carboxylic acids is 1. The molecule has 2 aromatic heterocycles. The number of hydrogen-bond donors (Lipinski definition) is 1. The Morgan fingerprint density at radius 2 is 1.89 bits per heavy atom. The first-order valence-electron chi connectivity index (χ1n) is 12.5. The molecule has 0 saturated carbocycles. The lowest BCUT2D eigenvalue weighted by atomic mass is 10.0. The summed E-state index contributed by atoms with van der Waals surface area (Å²) >= 11 is 0. The Bertz CT molecular complexity index is 1500. The van der Waals surface area contributed by atoms with Gasteiger partial charge in [-0.05, 0) is 80.8 Å². The first kappa shape index (κ1) is 23.8. The molecule has 7 heteroatoms. The molecule has 4 aromatic rings. The molecule has 36 heavy (non-hydrogen) atoms. The summed E-state index contributed by atoms with van der Waals surface area (Å²) in [7, 11) is 0. The van der Waals surface area contributed by atoms with Crippen molar-refractivity contribution in [2.24, 2.45) is 0 Å². The molecule has 0 bridgehead atoms. The van der Waals surface area contributed by atoms with Gasteiger partial charge in [-0.3, -0.25) is 9.69 Å². The van der Waals surface area contributed by atoms with E-state index in [4.69, 9.17) is 4.42 Å². The summed E-state index contributed by atoms with van der Waals surface area (Å²) in [5, 5.41) is 11.2. The van der Waals surface area contributed by atoms with Crippen LogP contribution < -0.4 is 10.5 Å². The monoisotopic (exact) mass is 482 g/mol. The summed E-state index contributed by atoms with van der Waals surface area (Å²) in [5.41, 5.74) is 4.71. The maximum Gasteiger partial charge on any atom is 0.339 e. The van der Waals surface area contributed by atoms with Crippen LogP contribution in [0.15, 0.2) is 57.9 Å². The van der Waals surface area contributed by atoms with E-state index in [-0.39, 0.29) is 12.2 Å². The second-order valence-electron chi connectivity index (χ2n) is 9.63. The predicted octanol–water partition coefficient (Wildman–Crippen LogP) is 4.42. The number of rotatable bonds is 8. The molecular formula is C29H30N4O3. The Labute approximate surface area is 209 Å². The van der Waals surface area contributed by atoms with Gasteiger partial charge < -0.3 is 14.3 Å². The minimum Gasteiger partial charge on any atom is -0.423 e. The molecule has 1 aliphatic rings. The standard InChI is InChI=1S/C29H30N4O3/c1-20(34)14-24-16-23-17-25(6-8-28(23)36-29(24)35)33-12-10-32(11-13-33)9-3-2-4-22-19-31-27-7-5-21(18-30)15-26(22)27/h5-8,15-17,19,31H,2-4,9-14H2,1H3. The van der Waals surface area contributed by atoms with Crippen molar-refractivity contribution in [2.45, 2.75) is 32.6 Å². The van der Waals surface area contributed by atoms with Gasteiger partial charge in [-0.15, -0.1) is 0 Å². The Morgan fingerprint density at radius 1 is 1.06 bits per heavy atom. The average Bonchev–Trinajstić information content (AvgIpc) is 3.29. The lowest BCUT2D eigenvalue weighted by Gasteiger charge is -2.36. The van der Waals surface area contributed by atoms with Crippen molar-refractivity contribution in [1.82, 2.24) is 9.88 Å². The van der Waals surface area contributed by atoms with E-state index in [0.717, 1.165) is 74.0 Å². The summed E-state index contributed by atoms with van der Waals surface area (Å²) < 4.78 is 5.42. The maximum absolute atomic E-state index is 12.1.